The van der Waals surface area contributed by atoms with Crippen LogP contribution in [0.15, 0.2) is 12.4 Å². The van der Waals surface area contributed by atoms with Gasteiger partial charge in [0.2, 0.25) is 5.95 Å². The number of alkyl halides is 1. The smallest absolute Gasteiger partial charge is 0.225 e. The lowest BCUT2D eigenvalue weighted by Gasteiger charge is -2.28. The lowest BCUT2D eigenvalue weighted by molar-refractivity contribution is 0.606. The summed E-state index contributed by atoms with van der Waals surface area (Å²) in [6, 6.07) is 0.585. The fourth-order valence-electron chi connectivity index (χ4n) is 2.29. The summed E-state index contributed by atoms with van der Waals surface area (Å²) in [7, 11) is 0. The summed E-state index contributed by atoms with van der Waals surface area (Å²) in [5.41, 5.74) is 1.10. The van der Waals surface area contributed by atoms with Crippen LogP contribution < -0.4 is 4.90 Å². The topological polar surface area (TPSA) is 29.0 Å². The van der Waals surface area contributed by atoms with Crippen LogP contribution in [0.2, 0.25) is 0 Å². The molecule has 88 valence electrons. The van der Waals surface area contributed by atoms with Crippen molar-refractivity contribution < 1.29 is 0 Å². The summed E-state index contributed by atoms with van der Waals surface area (Å²) in [5, 5.41) is 0. The molecule has 0 aliphatic heterocycles. The zero-order chi connectivity index (χ0) is 11.4. The van der Waals surface area contributed by atoms with Gasteiger partial charge in [0.25, 0.3) is 0 Å². The molecule has 1 aliphatic carbocycles. The van der Waals surface area contributed by atoms with Crippen molar-refractivity contribution in [3.05, 3.63) is 18.0 Å². The summed E-state index contributed by atoms with van der Waals surface area (Å²) in [5.74, 6) is 1.46. The van der Waals surface area contributed by atoms with Gasteiger partial charge in [-0.3, -0.25) is 0 Å². The number of rotatable bonds is 4. The number of halogens is 1. The lowest BCUT2D eigenvalue weighted by atomic mass is 10.2. The fraction of sp³-hybridized carbons (Fsp3) is 0.667. The summed E-state index contributed by atoms with van der Waals surface area (Å²) >= 11 is 5.86. The van der Waals surface area contributed by atoms with E-state index in [0.717, 1.165) is 18.1 Å². The maximum atomic E-state index is 5.86. The van der Waals surface area contributed by atoms with Crippen LogP contribution in [-0.4, -0.2) is 28.4 Å². The Morgan fingerprint density at radius 1 is 1.31 bits per heavy atom. The van der Waals surface area contributed by atoms with Crippen LogP contribution in [-0.2, 0) is 0 Å². The van der Waals surface area contributed by atoms with Gasteiger partial charge in [-0.15, -0.1) is 11.6 Å². The first-order valence-corrected chi connectivity index (χ1v) is 6.46. The minimum atomic E-state index is 0.585. The van der Waals surface area contributed by atoms with Gasteiger partial charge in [0.15, 0.2) is 0 Å². The van der Waals surface area contributed by atoms with Crippen LogP contribution in [0.5, 0.6) is 0 Å². The Morgan fingerprint density at radius 2 is 1.94 bits per heavy atom. The molecule has 1 aromatic heterocycles. The third kappa shape index (κ3) is 2.64. The zero-order valence-electron chi connectivity index (χ0n) is 9.69. The van der Waals surface area contributed by atoms with E-state index in [0.29, 0.717) is 11.9 Å². The van der Waals surface area contributed by atoms with Crippen LogP contribution in [0, 0.1) is 6.92 Å². The molecule has 1 aromatic rings. The van der Waals surface area contributed by atoms with Crippen LogP contribution in [0.4, 0.5) is 5.95 Å². The third-order valence-corrected chi connectivity index (χ3v) is 3.28. The van der Waals surface area contributed by atoms with Crippen molar-refractivity contribution in [3.63, 3.8) is 0 Å². The summed E-state index contributed by atoms with van der Waals surface area (Å²) in [6.45, 7) is 2.85. The molecule has 0 amide bonds. The highest BCUT2D eigenvalue weighted by molar-refractivity contribution is 6.18. The minimum Gasteiger partial charge on any atom is -0.337 e. The number of aromatic nitrogens is 2. The van der Waals surface area contributed by atoms with Gasteiger partial charge in [-0.25, -0.2) is 9.97 Å². The molecule has 0 saturated heterocycles. The van der Waals surface area contributed by atoms with Crippen molar-refractivity contribution in [1.29, 1.82) is 0 Å². The van der Waals surface area contributed by atoms with E-state index in [1.807, 2.05) is 19.3 Å². The molecule has 0 bridgehead atoms. The van der Waals surface area contributed by atoms with Gasteiger partial charge in [-0.1, -0.05) is 12.8 Å². The fourth-order valence-corrected chi connectivity index (χ4v) is 2.47. The Kier molecular flexibility index (Phi) is 3.99. The molecule has 0 radical (unpaired) electrons. The molecule has 1 saturated carbocycles. The average molecular weight is 240 g/mol. The standard InChI is InChI=1S/C12H18ClN3/c1-10-8-14-12(15-9-10)16(7-6-13)11-4-2-3-5-11/h8-9,11H,2-7H2,1H3. The zero-order valence-corrected chi connectivity index (χ0v) is 10.5. The van der Waals surface area contributed by atoms with Crippen molar-refractivity contribution >= 4 is 17.5 Å². The molecule has 1 heterocycles. The van der Waals surface area contributed by atoms with Crippen molar-refractivity contribution in [1.82, 2.24) is 9.97 Å². The van der Waals surface area contributed by atoms with Crippen molar-refractivity contribution in [2.75, 3.05) is 17.3 Å². The Balaban J connectivity index is 2.14. The number of aryl methyl sites for hydroxylation is 1. The number of anilines is 1. The second kappa shape index (κ2) is 5.48. The van der Waals surface area contributed by atoms with E-state index in [2.05, 4.69) is 14.9 Å². The van der Waals surface area contributed by atoms with E-state index in [1.54, 1.807) is 0 Å². The van der Waals surface area contributed by atoms with E-state index in [4.69, 9.17) is 11.6 Å². The molecule has 16 heavy (non-hydrogen) atoms. The molecule has 2 rings (SSSR count). The first-order valence-electron chi connectivity index (χ1n) is 5.92. The minimum absolute atomic E-state index is 0.585. The Hall–Kier alpha value is -0.830. The van der Waals surface area contributed by atoms with E-state index in [-0.39, 0.29) is 0 Å². The predicted octanol–water partition coefficient (Wildman–Crippen LogP) is 2.77. The van der Waals surface area contributed by atoms with Gasteiger partial charge in [-0.05, 0) is 25.3 Å². The SMILES string of the molecule is Cc1cnc(N(CCCl)C2CCCC2)nc1. The molecule has 0 aromatic carbocycles. The van der Waals surface area contributed by atoms with E-state index >= 15 is 0 Å². The first-order chi connectivity index (χ1) is 7.81. The van der Waals surface area contributed by atoms with Crippen molar-refractivity contribution in [2.45, 2.75) is 38.6 Å². The van der Waals surface area contributed by atoms with Gasteiger partial charge in [0.1, 0.15) is 0 Å². The maximum absolute atomic E-state index is 5.86. The Morgan fingerprint density at radius 3 is 2.50 bits per heavy atom. The van der Waals surface area contributed by atoms with Gasteiger partial charge in [0, 0.05) is 30.9 Å². The number of hydrogen-bond acceptors (Lipinski definition) is 3. The van der Waals surface area contributed by atoms with Crippen LogP contribution >= 0.6 is 11.6 Å². The number of hydrogen-bond donors (Lipinski definition) is 0. The molecule has 4 heteroatoms. The first kappa shape index (κ1) is 11.6. The highest BCUT2D eigenvalue weighted by Gasteiger charge is 2.23. The van der Waals surface area contributed by atoms with Crippen molar-refractivity contribution in [3.8, 4) is 0 Å². The molecule has 1 aliphatic rings. The quantitative estimate of drug-likeness (QED) is 0.757. The van der Waals surface area contributed by atoms with Crippen LogP contribution in [0.1, 0.15) is 31.2 Å². The normalized spacial score (nSPS) is 16.6. The molecule has 1 fully saturated rings. The Labute approximate surface area is 102 Å². The summed E-state index contributed by atoms with van der Waals surface area (Å²) in [6.07, 6.45) is 8.86. The molecule has 0 atom stereocenters. The maximum Gasteiger partial charge on any atom is 0.225 e. The van der Waals surface area contributed by atoms with E-state index in [1.165, 1.54) is 25.7 Å². The highest BCUT2D eigenvalue weighted by Crippen LogP contribution is 2.25. The molecule has 0 spiro atoms. The number of nitrogens with zero attached hydrogens (tertiary/aromatic N) is 3. The van der Waals surface area contributed by atoms with Crippen LogP contribution in [0.3, 0.4) is 0 Å². The monoisotopic (exact) mass is 239 g/mol. The molecule has 3 nitrogen and oxygen atoms in total. The Bertz CT molecular complexity index is 320. The molecular weight excluding hydrogens is 222 g/mol. The largest absolute Gasteiger partial charge is 0.337 e. The second-order valence-electron chi connectivity index (χ2n) is 4.38. The van der Waals surface area contributed by atoms with Gasteiger partial charge in [0.05, 0.1) is 0 Å². The van der Waals surface area contributed by atoms with Gasteiger partial charge < -0.3 is 4.90 Å². The molecular formula is C12H18ClN3. The summed E-state index contributed by atoms with van der Waals surface area (Å²) < 4.78 is 0. The third-order valence-electron chi connectivity index (χ3n) is 3.12. The predicted molar refractivity (Wildman–Crippen MR) is 67.1 cm³/mol. The van der Waals surface area contributed by atoms with E-state index < -0.39 is 0 Å². The van der Waals surface area contributed by atoms with Crippen molar-refractivity contribution in [2.24, 2.45) is 0 Å². The molecule has 0 N–H and O–H groups in total. The van der Waals surface area contributed by atoms with Crippen LogP contribution in [0.25, 0.3) is 0 Å². The average Bonchev–Trinajstić information content (AvgIpc) is 2.81. The van der Waals surface area contributed by atoms with E-state index in [9.17, 15) is 0 Å². The highest BCUT2D eigenvalue weighted by atomic mass is 35.5. The second-order valence-corrected chi connectivity index (χ2v) is 4.76. The molecule has 0 unspecified atom stereocenters. The van der Waals surface area contributed by atoms with Gasteiger partial charge >= 0.3 is 0 Å². The lowest BCUT2D eigenvalue weighted by Crippen LogP contribution is -2.36. The summed E-state index contributed by atoms with van der Waals surface area (Å²) in [4.78, 5) is 11.1. The van der Waals surface area contributed by atoms with Gasteiger partial charge in [-0.2, -0.15) is 0 Å².